The zero-order valence-electron chi connectivity index (χ0n) is 14.6. The summed E-state index contributed by atoms with van der Waals surface area (Å²) in [7, 11) is 3.48. The topological polar surface area (TPSA) is 45.7 Å². The van der Waals surface area contributed by atoms with Gasteiger partial charge in [-0.15, -0.1) is 24.0 Å². The molecule has 2 N–H and O–H groups in total. The molecule has 4 nitrogen and oxygen atoms in total. The summed E-state index contributed by atoms with van der Waals surface area (Å²) in [6, 6.07) is 16.1. The maximum absolute atomic E-state index is 6.00. The Morgan fingerprint density at radius 1 is 1.08 bits per heavy atom. The Morgan fingerprint density at radius 3 is 2.52 bits per heavy atom. The molecule has 0 bridgehead atoms. The minimum Gasteiger partial charge on any atom is -0.380 e. The van der Waals surface area contributed by atoms with Crippen molar-refractivity contribution in [2.24, 2.45) is 4.99 Å². The van der Waals surface area contributed by atoms with E-state index in [1.165, 1.54) is 16.7 Å². The molecule has 2 rings (SSSR count). The number of hydrogen-bond acceptors (Lipinski definition) is 2. The third-order valence-electron chi connectivity index (χ3n) is 3.68. The van der Waals surface area contributed by atoms with Crippen molar-refractivity contribution in [2.75, 3.05) is 20.7 Å². The number of aliphatic imine (C=N–C) groups is 1. The predicted molar refractivity (Wildman–Crippen MR) is 116 cm³/mol. The van der Waals surface area contributed by atoms with Gasteiger partial charge in [0.15, 0.2) is 5.96 Å². The van der Waals surface area contributed by atoms with Crippen LogP contribution in [0, 0.1) is 0 Å². The second-order valence-electron chi connectivity index (χ2n) is 5.43. The third-order valence-corrected chi connectivity index (χ3v) is 3.92. The molecule has 25 heavy (non-hydrogen) atoms. The van der Waals surface area contributed by atoms with E-state index in [2.05, 4.69) is 33.8 Å². The quantitative estimate of drug-likeness (QED) is 0.363. The van der Waals surface area contributed by atoms with E-state index in [1.54, 1.807) is 14.2 Å². The van der Waals surface area contributed by atoms with Gasteiger partial charge in [0, 0.05) is 32.3 Å². The summed E-state index contributed by atoms with van der Waals surface area (Å²) in [5.74, 6) is 0.782. The highest BCUT2D eigenvalue weighted by Gasteiger charge is 2.03. The van der Waals surface area contributed by atoms with Gasteiger partial charge >= 0.3 is 0 Å². The number of halogens is 2. The van der Waals surface area contributed by atoms with Gasteiger partial charge in [-0.05, 0) is 35.2 Å². The molecule has 0 aliphatic rings. The van der Waals surface area contributed by atoms with E-state index in [9.17, 15) is 0 Å². The highest BCUT2D eigenvalue weighted by atomic mass is 127. The van der Waals surface area contributed by atoms with Crippen LogP contribution in [-0.4, -0.2) is 26.7 Å². The summed E-state index contributed by atoms with van der Waals surface area (Å²) in [6.07, 6.45) is 0.890. The first-order valence-corrected chi connectivity index (χ1v) is 8.35. The van der Waals surface area contributed by atoms with Gasteiger partial charge in [-0.1, -0.05) is 48.0 Å². The van der Waals surface area contributed by atoms with Crippen molar-refractivity contribution >= 4 is 41.5 Å². The maximum Gasteiger partial charge on any atom is 0.191 e. The molecule has 0 aliphatic carbocycles. The lowest BCUT2D eigenvalue weighted by molar-refractivity contribution is 0.184. The van der Waals surface area contributed by atoms with Crippen LogP contribution in [0.25, 0.3) is 0 Å². The molecule has 0 unspecified atom stereocenters. The van der Waals surface area contributed by atoms with Gasteiger partial charge in [-0.2, -0.15) is 0 Å². The Labute approximate surface area is 172 Å². The van der Waals surface area contributed by atoms with E-state index < -0.39 is 0 Å². The van der Waals surface area contributed by atoms with E-state index in [4.69, 9.17) is 16.3 Å². The molecule has 0 amide bonds. The molecule has 0 heterocycles. The zero-order valence-corrected chi connectivity index (χ0v) is 17.7. The van der Waals surface area contributed by atoms with Gasteiger partial charge in [0.2, 0.25) is 0 Å². The third kappa shape index (κ3) is 7.63. The number of nitrogens with zero attached hydrogens (tertiary/aromatic N) is 1. The molecule has 0 saturated heterocycles. The Kier molecular flexibility index (Phi) is 10.5. The van der Waals surface area contributed by atoms with Gasteiger partial charge in [0.25, 0.3) is 0 Å². The first kappa shape index (κ1) is 21.7. The summed E-state index contributed by atoms with van der Waals surface area (Å²) < 4.78 is 5.24. The van der Waals surface area contributed by atoms with Crippen molar-refractivity contribution in [1.82, 2.24) is 10.6 Å². The van der Waals surface area contributed by atoms with E-state index in [-0.39, 0.29) is 24.0 Å². The Hall–Kier alpha value is -1.31. The first-order chi connectivity index (χ1) is 11.7. The minimum atomic E-state index is 0. The Bertz CT molecular complexity index is 679. The number of hydrogen-bond donors (Lipinski definition) is 2. The van der Waals surface area contributed by atoms with Crippen LogP contribution in [0.2, 0.25) is 5.02 Å². The fraction of sp³-hybridized carbons (Fsp3) is 0.316. The molecule has 0 radical (unpaired) electrons. The lowest BCUT2D eigenvalue weighted by Crippen LogP contribution is -2.38. The molecule has 0 aromatic heterocycles. The SMILES string of the molecule is CN=C(NCCc1cccc(Cl)c1)NCc1ccccc1COC.I. The highest BCUT2D eigenvalue weighted by molar-refractivity contribution is 14.0. The average molecular weight is 474 g/mol. The normalized spacial score (nSPS) is 10.9. The van der Waals surface area contributed by atoms with Crippen LogP contribution in [0.1, 0.15) is 16.7 Å². The van der Waals surface area contributed by atoms with Crippen molar-refractivity contribution < 1.29 is 4.74 Å². The molecule has 136 valence electrons. The average Bonchev–Trinajstić information content (AvgIpc) is 2.59. The van der Waals surface area contributed by atoms with Crippen molar-refractivity contribution in [3.63, 3.8) is 0 Å². The van der Waals surface area contributed by atoms with Crippen LogP contribution >= 0.6 is 35.6 Å². The fourth-order valence-corrected chi connectivity index (χ4v) is 2.66. The molecule has 0 saturated carbocycles. The zero-order chi connectivity index (χ0) is 17.2. The smallest absolute Gasteiger partial charge is 0.191 e. The number of ether oxygens (including phenoxy) is 1. The van der Waals surface area contributed by atoms with Gasteiger partial charge in [-0.3, -0.25) is 4.99 Å². The summed E-state index contributed by atoms with van der Waals surface area (Å²) in [5, 5.41) is 7.43. The molecule has 2 aromatic rings. The standard InChI is InChI=1S/C19H24ClN3O.HI/c1-21-19(22-11-10-15-6-5-9-18(20)12-15)23-13-16-7-3-4-8-17(16)14-24-2;/h3-9,12H,10-11,13-14H2,1-2H3,(H2,21,22,23);1H. The second kappa shape index (κ2) is 12.1. The van der Waals surface area contributed by atoms with Crippen LogP contribution < -0.4 is 10.6 Å². The van der Waals surface area contributed by atoms with Crippen LogP contribution in [0.3, 0.4) is 0 Å². The highest BCUT2D eigenvalue weighted by Crippen LogP contribution is 2.11. The van der Waals surface area contributed by atoms with Crippen LogP contribution in [0.5, 0.6) is 0 Å². The van der Waals surface area contributed by atoms with Gasteiger partial charge < -0.3 is 15.4 Å². The number of guanidine groups is 1. The van der Waals surface area contributed by atoms with Crippen molar-refractivity contribution in [3.05, 3.63) is 70.2 Å². The van der Waals surface area contributed by atoms with Gasteiger partial charge in [-0.25, -0.2) is 0 Å². The molecular formula is C19H25ClIN3O. The van der Waals surface area contributed by atoms with E-state index >= 15 is 0 Å². The lowest BCUT2D eigenvalue weighted by Gasteiger charge is -2.14. The number of benzene rings is 2. The monoisotopic (exact) mass is 473 g/mol. The van der Waals surface area contributed by atoms with Crippen molar-refractivity contribution in [3.8, 4) is 0 Å². The minimum absolute atomic E-state index is 0. The molecule has 2 aromatic carbocycles. The van der Waals surface area contributed by atoms with Crippen molar-refractivity contribution in [2.45, 2.75) is 19.6 Å². The van der Waals surface area contributed by atoms with Crippen molar-refractivity contribution in [1.29, 1.82) is 0 Å². The predicted octanol–water partition coefficient (Wildman–Crippen LogP) is 4.01. The molecular weight excluding hydrogens is 449 g/mol. The van der Waals surface area contributed by atoms with Crippen LogP contribution in [-0.2, 0) is 24.3 Å². The molecule has 0 atom stereocenters. The maximum atomic E-state index is 6.00. The number of nitrogens with one attached hydrogen (secondary N) is 2. The van der Waals surface area contributed by atoms with Gasteiger partial charge in [0.1, 0.15) is 0 Å². The van der Waals surface area contributed by atoms with E-state index in [0.717, 1.165) is 23.9 Å². The van der Waals surface area contributed by atoms with E-state index in [1.807, 2.05) is 30.3 Å². The second-order valence-corrected chi connectivity index (χ2v) is 5.87. The number of rotatable bonds is 7. The summed E-state index contributed by atoms with van der Waals surface area (Å²) in [4.78, 5) is 4.26. The van der Waals surface area contributed by atoms with Crippen LogP contribution in [0.4, 0.5) is 0 Å². The molecule has 0 spiro atoms. The van der Waals surface area contributed by atoms with Crippen LogP contribution in [0.15, 0.2) is 53.5 Å². The molecule has 0 fully saturated rings. The molecule has 0 aliphatic heterocycles. The summed E-state index contributed by atoms with van der Waals surface area (Å²) in [6.45, 7) is 2.11. The first-order valence-electron chi connectivity index (χ1n) is 7.97. The largest absolute Gasteiger partial charge is 0.380 e. The lowest BCUT2D eigenvalue weighted by atomic mass is 10.1. The van der Waals surface area contributed by atoms with E-state index in [0.29, 0.717) is 13.2 Å². The summed E-state index contributed by atoms with van der Waals surface area (Å²) in [5.41, 5.74) is 3.59. The summed E-state index contributed by atoms with van der Waals surface area (Å²) >= 11 is 6.00. The Morgan fingerprint density at radius 2 is 1.84 bits per heavy atom. The van der Waals surface area contributed by atoms with Gasteiger partial charge in [0.05, 0.1) is 6.61 Å². The number of methoxy groups -OCH3 is 1. The Balaban J connectivity index is 0.00000312. The molecule has 6 heteroatoms. The fourth-order valence-electron chi connectivity index (χ4n) is 2.44.